The fraction of sp³-hybridized carbons (Fsp3) is 0.500. The van der Waals surface area contributed by atoms with Gasteiger partial charge in [0.25, 0.3) is 0 Å². The number of carbonyl (C=O) groups is 1. The molecule has 3 N–H and O–H groups in total. The first-order valence-corrected chi connectivity index (χ1v) is 6.44. The average Bonchev–Trinajstić information content (AvgIpc) is 2.63. The lowest BCUT2D eigenvalue weighted by Gasteiger charge is -2.21. The Balaban J connectivity index is 2.14. The zero-order valence-electron chi connectivity index (χ0n) is 11.4. The first-order valence-electron chi connectivity index (χ1n) is 6.44. The molecular formula is C14H20N2O3. The Morgan fingerprint density at radius 3 is 2.68 bits per heavy atom. The summed E-state index contributed by atoms with van der Waals surface area (Å²) in [6.07, 6.45) is 0.858. The third-order valence-corrected chi connectivity index (χ3v) is 3.13. The van der Waals surface area contributed by atoms with Crippen LogP contribution < -0.4 is 20.5 Å². The van der Waals surface area contributed by atoms with E-state index in [2.05, 4.69) is 5.32 Å². The second kappa shape index (κ2) is 5.48. The largest absolute Gasteiger partial charge is 0.490 e. The molecule has 104 valence electrons. The molecule has 1 amide bonds. The van der Waals surface area contributed by atoms with Crippen molar-refractivity contribution in [1.29, 1.82) is 0 Å². The maximum atomic E-state index is 12.0. The van der Waals surface area contributed by atoms with Crippen LogP contribution in [-0.2, 0) is 4.79 Å². The third-order valence-electron chi connectivity index (χ3n) is 3.13. The zero-order chi connectivity index (χ0) is 13.9. The normalized spacial score (nSPS) is 14.7. The van der Waals surface area contributed by atoms with Crippen LogP contribution in [0.15, 0.2) is 18.2 Å². The fourth-order valence-electron chi connectivity index (χ4n) is 1.63. The van der Waals surface area contributed by atoms with E-state index in [-0.39, 0.29) is 5.91 Å². The van der Waals surface area contributed by atoms with Crippen LogP contribution in [0, 0.1) is 5.41 Å². The molecule has 19 heavy (non-hydrogen) atoms. The maximum Gasteiger partial charge on any atom is 0.231 e. The van der Waals surface area contributed by atoms with Crippen molar-refractivity contribution >= 4 is 11.6 Å². The number of benzene rings is 1. The summed E-state index contributed by atoms with van der Waals surface area (Å²) in [5, 5.41) is 2.85. The molecule has 5 nitrogen and oxygen atoms in total. The summed E-state index contributed by atoms with van der Waals surface area (Å²) in [7, 11) is 0. The first kappa shape index (κ1) is 13.7. The Bertz CT molecular complexity index is 472. The molecule has 1 heterocycles. The molecule has 0 aromatic heterocycles. The van der Waals surface area contributed by atoms with Gasteiger partial charge in [0.2, 0.25) is 5.91 Å². The number of hydrogen-bond donors (Lipinski definition) is 2. The van der Waals surface area contributed by atoms with Gasteiger partial charge < -0.3 is 20.5 Å². The van der Waals surface area contributed by atoms with E-state index in [0.29, 0.717) is 36.9 Å². The van der Waals surface area contributed by atoms with Crippen LogP contribution in [0.2, 0.25) is 0 Å². The van der Waals surface area contributed by atoms with Crippen LogP contribution in [0.1, 0.15) is 20.3 Å². The molecule has 0 radical (unpaired) electrons. The molecule has 0 spiro atoms. The first-order chi connectivity index (χ1) is 9.03. The van der Waals surface area contributed by atoms with Gasteiger partial charge in [-0.2, -0.15) is 0 Å². The molecule has 5 heteroatoms. The molecule has 0 unspecified atom stereocenters. The number of fused-ring (bicyclic) bond motifs is 1. The highest BCUT2D eigenvalue weighted by Crippen LogP contribution is 2.32. The number of nitrogens with one attached hydrogen (secondary N) is 1. The third kappa shape index (κ3) is 3.17. The summed E-state index contributed by atoms with van der Waals surface area (Å²) < 4.78 is 11.1. The van der Waals surface area contributed by atoms with E-state index in [9.17, 15) is 4.79 Å². The lowest BCUT2D eigenvalue weighted by atomic mass is 9.92. The summed E-state index contributed by atoms with van der Waals surface area (Å²) >= 11 is 0. The number of ether oxygens (including phenoxy) is 2. The summed E-state index contributed by atoms with van der Waals surface area (Å²) in [5.41, 5.74) is 5.68. The number of anilines is 1. The fourth-order valence-corrected chi connectivity index (χ4v) is 1.63. The van der Waals surface area contributed by atoms with Crippen molar-refractivity contribution in [3.8, 4) is 11.5 Å². The van der Waals surface area contributed by atoms with Gasteiger partial charge in [0.1, 0.15) is 0 Å². The van der Waals surface area contributed by atoms with Crippen LogP contribution in [0.5, 0.6) is 11.5 Å². The Morgan fingerprint density at radius 2 is 2.00 bits per heavy atom. The van der Waals surface area contributed by atoms with Crippen LogP contribution in [0.4, 0.5) is 5.69 Å². The van der Waals surface area contributed by atoms with Gasteiger partial charge in [-0.25, -0.2) is 0 Å². The van der Waals surface area contributed by atoms with Gasteiger partial charge in [-0.15, -0.1) is 0 Å². The predicted molar refractivity (Wildman–Crippen MR) is 73.5 cm³/mol. The van der Waals surface area contributed by atoms with Gasteiger partial charge in [-0.05, 0) is 26.0 Å². The van der Waals surface area contributed by atoms with Crippen molar-refractivity contribution in [2.24, 2.45) is 11.1 Å². The van der Waals surface area contributed by atoms with Crippen molar-refractivity contribution in [2.45, 2.75) is 20.3 Å². The molecule has 2 rings (SSSR count). The minimum Gasteiger partial charge on any atom is -0.490 e. The Morgan fingerprint density at radius 1 is 1.32 bits per heavy atom. The number of carbonyl (C=O) groups excluding carboxylic acids is 1. The van der Waals surface area contributed by atoms with Gasteiger partial charge in [0.15, 0.2) is 11.5 Å². The molecular weight excluding hydrogens is 244 g/mol. The average molecular weight is 264 g/mol. The smallest absolute Gasteiger partial charge is 0.231 e. The van der Waals surface area contributed by atoms with Crippen molar-refractivity contribution in [3.63, 3.8) is 0 Å². The minimum atomic E-state index is -0.593. The zero-order valence-corrected chi connectivity index (χ0v) is 11.4. The topological polar surface area (TPSA) is 73.6 Å². The van der Waals surface area contributed by atoms with Gasteiger partial charge in [0, 0.05) is 24.7 Å². The predicted octanol–water partition coefficient (Wildman–Crippen LogP) is 1.77. The van der Waals surface area contributed by atoms with Crippen molar-refractivity contribution in [1.82, 2.24) is 0 Å². The molecule has 0 bridgehead atoms. The summed E-state index contributed by atoms with van der Waals surface area (Å²) in [4.78, 5) is 12.0. The molecule has 1 aromatic carbocycles. The summed E-state index contributed by atoms with van der Waals surface area (Å²) in [5.74, 6) is 1.28. The van der Waals surface area contributed by atoms with Crippen LogP contribution in [-0.4, -0.2) is 25.7 Å². The van der Waals surface area contributed by atoms with Gasteiger partial charge in [-0.1, -0.05) is 0 Å². The van der Waals surface area contributed by atoms with Crippen LogP contribution in [0.3, 0.4) is 0 Å². The second-order valence-electron chi connectivity index (χ2n) is 5.25. The minimum absolute atomic E-state index is 0.107. The van der Waals surface area contributed by atoms with Crippen molar-refractivity contribution in [3.05, 3.63) is 18.2 Å². The number of nitrogens with two attached hydrogens (primary N) is 1. The maximum absolute atomic E-state index is 12.0. The lowest BCUT2D eigenvalue weighted by molar-refractivity contribution is -0.123. The standard InChI is InChI=1S/C14H20N2O3/c1-14(2,9-15)13(17)16-10-4-5-11-12(8-10)19-7-3-6-18-11/h4-5,8H,3,6-7,9,15H2,1-2H3,(H,16,17). The van der Waals surface area contributed by atoms with Crippen LogP contribution in [0.25, 0.3) is 0 Å². The van der Waals surface area contributed by atoms with Gasteiger partial charge in [0.05, 0.1) is 18.6 Å². The van der Waals surface area contributed by atoms with E-state index in [4.69, 9.17) is 15.2 Å². The monoisotopic (exact) mass is 264 g/mol. The lowest BCUT2D eigenvalue weighted by Crippen LogP contribution is -2.37. The second-order valence-corrected chi connectivity index (χ2v) is 5.25. The number of rotatable bonds is 3. The van der Waals surface area contributed by atoms with Crippen LogP contribution >= 0.6 is 0 Å². The van der Waals surface area contributed by atoms with Gasteiger partial charge in [-0.3, -0.25) is 4.79 Å². The molecule has 1 aromatic rings. The molecule has 0 aliphatic carbocycles. The van der Waals surface area contributed by atoms with E-state index in [1.807, 2.05) is 19.9 Å². The highest BCUT2D eigenvalue weighted by atomic mass is 16.5. The Kier molecular flexibility index (Phi) is 3.95. The highest BCUT2D eigenvalue weighted by Gasteiger charge is 2.26. The molecule has 0 saturated heterocycles. The Hall–Kier alpha value is -1.75. The number of hydrogen-bond acceptors (Lipinski definition) is 4. The molecule has 1 aliphatic rings. The van der Waals surface area contributed by atoms with Crippen molar-refractivity contribution < 1.29 is 14.3 Å². The summed E-state index contributed by atoms with van der Waals surface area (Å²) in [6.45, 7) is 5.19. The highest BCUT2D eigenvalue weighted by molar-refractivity contribution is 5.95. The SMILES string of the molecule is CC(C)(CN)C(=O)Nc1ccc2c(c1)OCCCO2. The molecule has 0 fully saturated rings. The summed E-state index contributed by atoms with van der Waals surface area (Å²) in [6, 6.07) is 5.40. The van der Waals surface area contributed by atoms with Crippen molar-refractivity contribution in [2.75, 3.05) is 25.1 Å². The molecule has 1 aliphatic heterocycles. The number of amides is 1. The molecule has 0 atom stereocenters. The van der Waals surface area contributed by atoms with E-state index in [1.54, 1.807) is 12.1 Å². The molecule has 0 saturated carbocycles. The van der Waals surface area contributed by atoms with E-state index < -0.39 is 5.41 Å². The quantitative estimate of drug-likeness (QED) is 0.872. The van der Waals surface area contributed by atoms with E-state index in [1.165, 1.54) is 0 Å². The van der Waals surface area contributed by atoms with E-state index in [0.717, 1.165) is 6.42 Å². The van der Waals surface area contributed by atoms with Gasteiger partial charge >= 0.3 is 0 Å². The van der Waals surface area contributed by atoms with E-state index >= 15 is 0 Å². The Labute approximate surface area is 113 Å².